The van der Waals surface area contributed by atoms with Crippen molar-refractivity contribution < 1.29 is 14.5 Å². The summed E-state index contributed by atoms with van der Waals surface area (Å²) in [6, 6.07) is 9.56. The van der Waals surface area contributed by atoms with Crippen LogP contribution in [0.25, 0.3) is 0 Å². The highest BCUT2D eigenvalue weighted by molar-refractivity contribution is 6.42. The standard InChI is InChI=1S/C17H12Cl2N4O4/c18-12-5-4-10(7-13(12)19)16(25)22-17-20-14(8-15(24)21-17)9-2-1-3-11(6-9)23(26)27/h1-7,14H,8H2,(H2,20,21,22,24,25)/t14-/m1/s1. The van der Waals surface area contributed by atoms with Crippen molar-refractivity contribution >= 4 is 46.7 Å². The van der Waals surface area contributed by atoms with Crippen molar-refractivity contribution in [1.82, 2.24) is 10.6 Å². The summed E-state index contributed by atoms with van der Waals surface area (Å²) in [5.74, 6) is -0.947. The number of benzene rings is 2. The van der Waals surface area contributed by atoms with E-state index in [1.54, 1.807) is 6.07 Å². The Kier molecular flexibility index (Phi) is 5.38. The average Bonchev–Trinajstić information content (AvgIpc) is 2.63. The molecule has 1 aliphatic rings. The molecule has 2 aromatic rings. The molecule has 1 heterocycles. The Morgan fingerprint density at radius 3 is 2.70 bits per heavy atom. The summed E-state index contributed by atoms with van der Waals surface area (Å²) in [7, 11) is 0. The Hall–Kier alpha value is -2.97. The third-order valence-corrected chi connectivity index (χ3v) is 4.54. The first-order valence-electron chi connectivity index (χ1n) is 7.72. The summed E-state index contributed by atoms with van der Waals surface area (Å²) < 4.78 is 0. The van der Waals surface area contributed by atoms with Gasteiger partial charge in [-0.3, -0.25) is 30.3 Å². The molecule has 27 heavy (non-hydrogen) atoms. The minimum atomic E-state index is -0.650. The van der Waals surface area contributed by atoms with Gasteiger partial charge in [0.05, 0.1) is 27.4 Å². The molecule has 2 amide bonds. The maximum absolute atomic E-state index is 12.3. The lowest BCUT2D eigenvalue weighted by Crippen LogP contribution is -2.47. The number of nitrogens with zero attached hydrogens (tertiary/aromatic N) is 2. The maximum Gasteiger partial charge on any atom is 0.269 e. The molecular weight excluding hydrogens is 395 g/mol. The monoisotopic (exact) mass is 406 g/mol. The molecule has 0 saturated carbocycles. The Morgan fingerprint density at radius 1 is 1.22 bits per heavy atom. The van der Waals surface area contributed by atoms with Crippen LogP contribution in [0.1, 0.15) is 28.4 Å². The zero-order valence-electron chi connectivity index (χ0n) is 13.6. The minimum Gasteiger partial charge on any atom is -0.296 e. The van der Waals surface area contributed by atoms with Gasteiger partial charge in [0.1, 0.15) is 0 Å². The van der Waals surface area contributed by atoms with Gasteiger partial charge in [-0.1, -0.05) is 35.3 Å². The largest absolute Gasteiger partial charge is 0.296 e. The number of nitrogens with one attached hydrogen (secondary N) is 2. The van der Waals surface area contributed by atoms with Crippen LogP contribution >= 0.6 is 23.2 Å². The van der Waals surface area contributed by atoms with Gasteiger partial charge in [-0.2, -0.15) is 0 Å². The van der Waals surface area contributed by atoms with E-state index in [-0.39, 0.29) is 34.6 Å². The lowest BCUT2D eigenvalue weighted by Gasteiger charge is -2.21. The van der Waals surface area contributed by atoms with Gasteiger partial charge in [-0.15, -0.1) is 0 Å². The van der Waals surface area contributed by atoms with E-state index in [0.717, 1.165) is 0 Å². The fourth-order valence-electron chi connectivity index (χ4n) is 2.51. The van der Waals surface area contributed by atoms with Gasteiger partial charge in [-0.05, 0) is 23.8 Å². The van der Waals surface area contributed by atoms with Crippen LogP contribution < -0.4 is 10.6 Å². The second-order valence-electron chi connectivity index (χ2n) is 5.68. The quantitative estimate of drug-likeness (QED) is 0.601. The predicted molar refractivity (Wildman–Crippen MR) is 100.0 cm³/mol. The zero-order valence-corrected chi connectivity index (χ0v) is 15.1. The van der Waals surface area contributed by atoms with Crippen molar-refractivity contribution in [3.63, 3.8) is 0 Å². The van der Waals surface area contributed by atoms with Crippen LogP contribution in [0.2, 0.25) is 10.0 Å². The van der Waals surface area contributed by atoms with Crippen LogP contribution in [0, 0.1) is 10.1 Å². The number of hydrogen-bond acceptors (Lipinski definition) is 5. The van der Waals surface area contributed by atoms with Gasteiger partial charge in [0.15, 0.2) is 0 Å². The van der Waals surface area contributed by atoms with Gasteiger partial charge in [0, 0.05) is 17.7 Å². The molecule has 8 nitrogen and oxygen atoms in total. The first-order valence-corrected chi connectivity index (χ1v) is 8.47. The molecule has 3 rings (SSSR count). The number of rotatable bonds is 3. The molecule has 0 unspecified atom stereocenters. The van der Waals surface area contributed by atoms with Gasteiger partial charge in [0.25, 0.3) is 11.6 Å². The molecule has 1 atom stereocenters. The van der Waals surface area contributed by atoms with E-state index in [4.69, 9.17) is 23.2 Å². The fraction of sp³-hybridized carbons (Fsp3) is 0.118. The lowest BCUT2D eigenvalue weighted by atomic mass is 10.0. The first kappa shape index (κ1) is 18.8. The van der Waals surface area contributed by atoms with Crippen molar-refractivity contribution in [1.29, 1.82) is 0 Å². The number of non-ortho nitro benzene ring substituents is 1. The lowest BCUT2D eigenvalue weighted by molar-refractivity contribution is -0.384. The predicted octanol–water partition coefficient (Wildman–Crippen LogP) is 3.25. The molecule has 0 aliphatic carbocycles. The van der Waals surface area contributed by atoms with Crippen LogP contribution in [-0.2, 0) is 4.79 Å². The number of aliphatic imine (C=N–C) groups is 1. The smallest absolute Gasteiger partial charge is 0.269 e. The Bertz CT molecular complexity index is 977. The van der Waals surface area contributed by atoms with Crippen molar-refractivity contribution in [3.8, 4) is 0 Å². The van der Waals surface area contributed by atoms with Crippen molar-refractivity contribution in [2.24, 2.45) is 4.99 Å². The second kappa shape index (κ2) is 7.73. The van der Waals surface area contributed by atoms with E-state index < -0.39 is 16.9 Å². The molecule has 10 heteroatoms. The molecule has 2 N–H and O–H groups in total. The second-order valence-corrected chi connectivity index (χ2v) is 6.50. The number of nitro benzene ring substituents is 1. The Morgan fingerprint density at radius 2 is 2.00 bits per heavy atom. The number of nitro groups is 1. The highest BCUT2D eigenvalue weighted by Crippen LogP contribution is 2.27. The number of halogens is 2. The molecule has 0 radical (unpaired) electrons. The van der Waals surface area contributed by atoms with Gasteiger partial charge in [-0.25, -0.2) is 4.99 Å². The molecule has 138 valence electrons. The summed E-state index contributed by atoms with van der Waals surface area (Å²) in [6.45, 7) is 0. The van der Waals surface area contributed by atoms with E-state index in [1.807, 2.05) is 0 Å². The first-order chi connectivity index (χ1) is 12.8. The summed E-state index contributed by atoms with van der Waals surface area (Å²) in [5, 5.41) is 16.4. The topological polar surface area (TPSA) is 114 Å². The van der Waals surface area contributed by atoms with Crippen LogP contribution in [0.4, 0.5) is 5.69 Å². The van der Waals surface area contributed by atoms with E-state index in [9.17, 15) is 19.7 Å². The fourth-order valence-corrected chi connectivity index (χ4v) is 2.81. The van der Waals surface area contributed by atoms with Gasteiger partial charge < -0.3 is 0 Å². The van der Waals surface area contributed by atoms with Gasteiger partial charge in [0.2, 0.25) is 11.9 Å². The van der Waals surface area contributed by atoms with Crippen molar-refractivity contribution in [3.05, 3.63) is 73.8 Å². The highest BCUT2D eigenvalue weighted by atomic mass is 35.5. The van der Waals surface area contributed by atoms with E-state index >= 15 is 0 Å². The summed E-state index contributed by atoms with van der Waals surface area (Å²) in [5.41, 5.74) is 0.634. The minimum absolute atomic E-state index is 0.00725. The number of hydrogen-bond donors (Lipinski definition) is 2. The molecule has 0 bridgehead atoms. The van der Waals surface area contributed by atoms with E-state index in [0.29, 0.717) is 10.6 Å². The Balaban J connectivity index is 1.83. The number of carbonyl (C=O) groups is 2. The summed E-state index contributed by atoms with van der Waals surface area (Å²) in [4.78, 5) is 39.0. The number of carbonyl (C=O) groups excluding carboxylic acids is 2. The van der Waals surface area contributed by atoms with E-state index in [1.165, 1.54) is 36.4 Å². The third-order valence-electron chi connectivity index (χ3n) is 3.80. The van der Waals surface area contributed by atoms with E-state index in [2.05, 4.69) is 15.6 Å². The molecule has 0 spiro atoms. The normalized spacial score (nSPS) is 16.3. The van der Waals surface area contributed by atoms with Crippen LogP contribution in [0.5, 0.6) is 0 Å². The Labute approximate surface area is 163 Å². The van der Waals surface area contributed by atoms with Crippen LogP contribution in [0.3, 0.4) is 0 Å². The maximum atomic E-state index is 12.3. The highest BCUT2D eigenvalue weighted by Gasteiger charge is 2.25. The summed E-state index contributed by atoms with van der Waals surface area (Å²) in [6.07, 6.45) is 0.00725. The van der Waals surface area contributed by atoms with Crippen LogP contribution in [0.15, 0.2) is 47.5 Å². The summed E-state index contributed by atoms with van der Waals surface area (Å²) >= 11 is 11.7. The zero-order chi connectivity index (χ0) is 19.6. The molecule has 2 aromatic carbocycles. The van der Waals surface area contributed by atoms with Gasteiger partial charge >= 0.3 is 0 Å². The average molecular weight is 407 g/mol. The molecule has 1 aliphatic heterocycles. The van der Waals surface area contributed by atoms with Crippen molar-refractivity contribution in [2.45, 2.75) is 12.5 Å². The van der Waals surface area contributed by atoms with Crippen LogP contribution in [-0.4, -0.2) is 22.7 Å². The molecular formula is C17H12Cl2N4O4. The third kappa shape index (κ3) is 4.42. The number of amides is 2. The van der Waals surface area contributed by atoms with Crippen molar-refractivity contribution in [2.75, 3.05) is 0 Å². The molecule has 0 saturated heterocycles. The number of guanidine groups is 1. The molecule has 0 aromatic heterocycles. The SMILES string of the molecule is O=C1C[C@H](c2cccc([N+](=O)[O-])c2)N=C(NC(=O)c2ccc(Cl)c(Cl)c2)N1. The molecule has 0 fully saturated rings.